The van der Waals surface area contributed by atoms with E-state index < -0.39 is 5.82 Å². The highest BCUT2D eigenvalue weighted by Crippen LogP contribution is 2.28. The van der Waals surface area contributed by atoms with Crippen LogP contribution in [0.1, 0.15) is 29.3 Å². The van der Waals surface area contributed by atoms with Crippen LogP contribution in [0.15, 0.2) is 42.5 Å². The third kappa shape index (κ3) is 4.83. The van der Waals surface area contributed by atoms with Crippen LogP contribution in [0.4, 0.5) is 4.39 Å². The molecule has 5 heteroatoms. The van der Waals surface area contributed by atoms with Gasteiger partial charge in [0.1, 0.15) is 0 Å². The van der Waals surface area contributed by atoms with Crippen molar-refractivity contribution in [1.82, 2.24) is 0 Å². The molecule has 2 rings (SSSR count). The van der Waals surface area contributed by atoms with Gasteiger partial charge in [-0.1, -0.05) is 19.1 Å². The molecule has 2 aromatic carbocycles. The number of ether oxygens (including phenoxy) is 3. The molecule has 0 amide bonds. The van der Waals surface area contributed by atoms with Crippen LogP contribution in [0.3, 0.4) is 0 Å². The number of hydrogen-bond acceptors (Lipinski definition) is 4. The Morgan fingerprint density at radius 3 is 2.40 bits per heavy atom. The lowest BCUT2D eigenvalue weighted by Gasteiger charge is -2.10. The van der Waals surface area contributed by atoms with Gasteiger partial charge in [-0.15, -0.1) is 0 Å². The summed E-state index contributed by atoms with van der Waals surface area (Å²) in [5.41, 5.74) is 1.03. The topological polar surface area (TPSA) is 44.8 Å². The molecule has 0 aliphatic carbocycles. The Morgan fingerprint density at radius 2 is 1.76 bits per heavy atom. The van der Waals surface area contributed by atoms with E-state index in [9.17, 15) is 9.18 Å². The zero-order valence-electron chi connectivity index (χ0n) is 14.5. The Bertz CT molecular complexity index is 768. The van der Waals surface area contributed by atoms with Crippen molar-refractivity contribution < 1.29 is 23.4 Å². The normalized spacial score (nSPS) is 10.7. The molecular formula is C20H21FO4. The highest BCUT2D eigenvalue weighted by Gasteiger charge is 2.08. The summed E-state index contributed by atoms with van der Waals surface area (Å²) in [6.45, 7) is 2.63. The fraction of sp³-hybridized carbons (Fsp3) is 0.250. The van der Waals surface area contributed by atoms with Crippen LogP contribution >= 0.6 is 0 Å². The van der Waals surface area contributed by atoms with Crippen LogP contribution in [0, 0.1) is 5.82 Å². The number of benzene rings is 2. The third-order valence-corrected chi connectivity index (χ3v) is 3.51. The number of rotatable bonds is 8. The Balaban J connectivity index is 2.15. The molecule has 0 heterocycles. The Kier molecular flexibility index (Phi) is 6.57. The van der Waals surface area contributed by atoms with Crippen molar-refractivity contribution in [3.05, 3.63) is 59.4 Å². The smallest absolute Gasteiger partial charge is 0.185 e. The molecule has 0 saturated heterocycles. The van der Waals surface area contributed by atoms with E-state index in [0.29, 0.717) is 18.1 Å². The summed E-state index contributed by atoms with van der Waals surface area (Å²) < 4.78 is 29.4. The van der Waals surface area contributed by atoms with Gasteiger partial charge >= 0.3 is 0 Å². The summed E-state index contributed by atoms with van der Waals surface area (Å²) in [7, 11) is 2.94. The van der Waals surface area contributed by atoms with E-state index in [4.69, 9.17) is 14.2 Å². The van der Waals surface area contributed by atoms with Crippen molar-refractivity contribution in [2.75, 3.05) is 20.8 Å². The molecule has 0 aliphatic rings. The maximum atomic E-state index is 13.7. The lowest BCUT2D eigenvalue weighted by atomic mass is 10.1. The van der Waals surface area contributed by atoms with E-state index in [2.05, 4.69) is 0 Å². The summed E-state index contributed by atoms with van der Waals surface area (Å²) in [6, 6.07) is 9.52. The number of hydrogen-bond donors (Lipinski definition) is 0. The Morgan fingerprint density at radius 1 is 1.04 bits per heavy atom. The number of carbonyl (C=O) groups is 1. The highest BCUT2D eigenvalue weighted by molar-refractivity contribution is 6.06. The zero-order chi connectivity index (χ0) is 18.2. The number of allylic oxidation sites excluding steroid dienone is 1. The molecule has 0 fully saturated rings. The van der Waals surface area contributed by atoms with Crippen molar-refractivity contribution in [3.63, 3.8) is 0 Å². The molecule has 0 radical (unpaired) electrons. The molecule has 4 nitrogen and oxygen atoms in total. The summed E-state index contributed by atoms with van der Waals surface area (Å²) in [5, 5.41) is 0. The van der Waals surface area contributed by atoms with E-state index in [0.717, 1.165) is 18.1 Å². The predicted octanol–water partition coefficient (Wildman–Crippen LogP) is 4.53. The van der Waals surface area contributed by atoms with Crippen LogP contribution in [-0.2, 0) is 0 Å². The van der Waals surface area contributed by atoms with Gasteiger partial charge in [-0.2, -0.15) is 0 Å². The predicted molar refractivity (Wildman–Crippen MR) is 95.1 cm³/mol. The van der Waals surface area contributed by atoms with Crippen LogP contribution in [0.2, 0.25) is 0 Å². The lowest BCUT2D eigenvalue weighted by molar-refractivity contribution is 0.104. The van der Waals surface area contributed by atoms with Crippen LogP contribution in [0.5, 0.6) is 17.2 Å². The molecule has 0 bridgehead atoms. The second-order valence-corrected chi connectivity index (χ2v) is 5.31. The fourth-order valence-electron chi connectivity index (χ4n) is 2.21. The summed E-state index contributed by atoms with van der Waals surface area (Å²) in [5.74, 6) is 0.490. The van der Waals surface area contributed by atoms with Gasteiger partial charge in [-0.05, 0) is 48.4 Å². The van der Waals surface area contributed by atoms with Crippen molar-refractivity contribution in [2.45, 2.75) is 13.3 Å². The SMILES string of the molecule is CCCOc1ccc(C=CC(=O)c2ccc(OC)c(F)c2)cc1OC. The van der Waals surface area contributed by atoms with Gasteiger partial charge < -0.3 is 14.2 Å². The molecular weight excluding hydrogens is 323 g/mol. The molecule has 0 aromatic heterocycles. The molecule has 0 aliphatic heterocycles. The van der Waals surface area contributed by atoms with E-state index in [-0.39, 0.29) is 17.1 Å². The van der Waals surface area contributed by atoms with Gasteiger partial charge in [0, 0.05) is 5.56 Å². The standard InChI is InChI=1S/C20H21FO4/c1-4-11-25-19-9-6-14(12-20(19)24-3)5-8-17(22)15-7-10-18(23-2)16(21)13-15/h5-10,12-13H,4,11H2,1-3H3. The number of halogens is 1. The minimum Gasteiger partial charge on any atom is -0.494 e. The van der Waals surface area contributed by atoms with Crippen LogP contribution in [-0.4, -0.2) is 26.6 Å². The molecule has 0 atom stereocenters. The molecule has 2 aromatic rings. The first-order valence-electron chi connectivity index (χ1n) is 7.95. The summed E-state index contributed by atoms with van der Waals surface area (Å²) in [4.78, 5) is 12.2. The second kappa shape index (κ2) is 8.87. The quantitative estimate of drug-likeness (QED) is 0.521. The molecule has 25 heavy (non-hydrogen) atoms. The largest absolute Gasteiger partial charge is 0.494 e. The first-order chi connectivity index (χ1) is 12.1. The van der Waals surface area contributed by atoms with E-state index in [1.165, 1.54) is 25.3 Å². The van der Waals surface area contributed by atoms with Gasteiger partial charge in [0.15, 0.2) is 28.8 Å². The van der Waals surface area contributed by atoms with Crippen molar-refractivity contribution in [2.24, 2.45) is 0 Å². The molecule has 0 unspecified atom stereocenters. The Labute approximate surface area is 146 Å². The van der Waals surface area contributed by atoms with Crippen LogP contribution < -0.4 is 14.2 Å². The van der Waals surface area contributed by atoms with Gasteiger partial charge in [0.05, 0.1) is 20.8 Å². The monoisotopic (exact) mass is 344 g/mol. The number of ketones is 1. The first-order valence-corrected chi connectivity index (χ1v) is 7.95. The van der Waals surface area contributed by atoms with E-state index >= 15 is 0 Å². The maximum Gasteiger partial charge on any atom is 0.185 e. The lowest BCUT2D eigenvalue weighted by Crippen LogP contribution is -1.98. The fourth-order valence-corrected chi connectivity index (χ4v) is 2.21. The van der Waals surface area contributed by atoms with Gasteiger partial charge in [-0.3, -0.25) is 4.79 Å². The summed E-state index contributed by atoms with van der Waals surface area (Å²) in [6.07, 6.45) is 3.94. The van der Waals surface area contributed by atoms with E-state index in [1.54, 1.807) is 25.3 Å². The first kappa shape index (κ1) is 18.5. The van der Waals surface area contributed by atoms with Gasteiger partial charge in [0.25, 0.3) is 0 Å². The van der Waals surface area contributed by atoms with Crippen molar-refractivity contribution in [3.8, 4) is 17.2 Å². The van der Waals surface area contributed by atoms with Crippen LogP contribution in [0.25, 0.3) is 6.08 Å². The molecule has 0 saturated carbocycles. The molecule has 132 valence electrons. The molecule has 0 N–H and O–H groups in total. The average Bonchev–Trinajstić information content (AvgIpc) is 2.64. The highest BCUT2D eigenvalue weighted by atomic mass is 19.1. The van der Waals surface area contributed by atoms with Gasteiger partial charge in [0.2, 0.25) is 0 Å². The minimum absolute atomic E-state index is 0.105. The average molecular weight is 344 g/mol. The van der Waals surface area contributed by atoms with Crippen molar-refractivity contribution in [1.29, 1.82) is 0 Å². The third-order valence-electron chi connectivity index (χ3n) is 3.51. The zero-order valence-corrected chi connectivity index (χ0v) is 14.5. The number of methoxy groups -OCH3 is 2. The van der Waals surface area contributed by atoms with E-state index in [1.807, 2.05) is 13.0 Å². The second-order valence-electron chi connectivity index (χ2n) is 5.31. The minimum atomic E-state index is -0.569. The number of carbonyl (C=O) groups excluding carboxylic acids is 1. The van der Waals surface area contributed by atoms with Gasteiger partial charge in [-0.25, -0.2) is 4.39 Å². The Hall–Kier alpha value is -2.82. The molecule has 0 spiro atoms. The van der Waals surface area contributed by atoms with Crippen molar-refractivity contribution >= 4 is 11.9 Å². The summed E-state index contributed by atoms with van der Waals surface area (Å²) >= 11 is 0. The maximum absolute atomic E-state index is 13.7.